The van der Waals surface area contributed by atoms with Gasteiger partial charge in [-0.25, -0.2) is 9.78 Å². The first-order valence-corrected chi connectivity index (χ1v) is 20.7. The highest BCUT2D eigenvalue weighted by Crippen LogP contribution is 2.40. The van der Waals surface area contributed by atoms with Crippen molar-refractivity contribution in [1.29, 1.82) is 0 Å². The van der Waals surface area contributed by atoms with E-state index >= 15 is 0 Å². The van der Waals surface area contributed by atoms with Crippen molar-refractivity contribution in [2.45, 2.75) is 84.0 Å². The first-order chi connectivity index (χ1) is 27.4. The number of halogens is 1. The Labute approximate surface area is 340 Å². The fraction of sp³-hybridized carbons (Fsp3) is 0.463. The Balaban J connectivity index is 1.04. The summed E-state index contributed by atoms with van der Waals surface area (Å²) in [4.78, 5) is 68.8. The highest BCUT2D eigenvalue weighted by molar-refractivity contribution is 7.17. The van der Waals surface area contributed by atoms with E-state index in [9.17, 15) is 24.3 Å². The molecule has 4 N–H and O–H groups in total. The smallest absolute Gasteiger partial charge is 0.407 e. The quantitative estimate of drug-likeness (QED) is 0.134. The topological polar surface area (TPSA) is 174 Å². The van der Waals surface area contributed by atoms with E-state index in [1.807, 2.05) is 63.2 Å². The van der Waals surface area contributed by atoms with Gasteiger partial charge in [0, 0.05) is 53.9 Å². The van der Waals surface area contributed by atoms with Gasteiger partial charge in [0.1, 0.15) is 29.3 Å². The zero-order chi connectivity index (χ0) is 40.5. The Morgan fingerprint density at radius 2 is 1.68 bits per heavy atom. The molecule has 6 heterocycles. The van der Waals surface area contributed by atoms with Crippen LogP contribution < -0.4 is 10.6 Å². The molecule has 57 heavy (non-hydrogen) atoms. The molecule has 2 saturated heterocycles. The van der Waals surface area contributed by atoms with Crippen molar-refractivity contribution >= 4 is 68.3 Å². The number of hydrogen-bond donors (Lipinski definition) is 4. The molecule has 0 aliphatic carbocycles. The normalized spacial score (nSPS) is 19.3. The first-order valence-electron chi connectivity index (χ1n) is 19.5. The lowest BCUT2D eigenvalue weighted by Crippen LogP contribution is -2.53. The van der Waals surface area contributed by atoms with Gasteiger partial charge in [0.2, 0.25) is 17.7 Å². The zero-order valence-electron chi connectivity index (χ0n) is 32.8. The van der Waals surface area contributed by atoms with Gasteiger partial charge in [-0.05, 0) is 66.9 Å². The number of aliphatic hydroxyl groups is 1. The lowest BCUT2D eigenvalue weighted by atomic mass is 9.97. The van der Waals surface area contributed by atoms with Crippen LogP contribution in [0.1, 0.15) is 77.2 Å². The maximum absolute atomic E-state index is 13.7. The van der Waals surface area contributed by atoms with Crippen molar-refractivity contribution in [3.63, 3.8) is 0 Å². The molecular formula is C41H49ClN8O6S. The van der Waals surface area contributed by atoms with Crippen molar-refractivity contribution in [3.8, 4) is 16.9 Å². The molecule has 0 bridgehead atoms. The zero-order valence-corrected chi connectivity index (χ0v) is 34.3. The Morgan fingerprint density at radius 1 is 1.00 bits per heavy atom. The van der Waals surface area contributed by atoms with E-state index in [2.05, 4.69) is 36.6 Å². The third-order valence-corrected chi connectivity index (χ3v) is 12.5. The molecule has 7 rings (SSSR count). The van der Waals surface area contributed by atoms with Gasteiger partial charge >= 0.3 is 6.09 Å². The molecule has 4 atom stereocenters. The van der Waals surface area contributed by atoms with Crippen LogP contribution in [0.4, 0.5) is 4.79 Å². The second-order valence-corrected chi connectivity index (χ2v) is 16.8. The summed E-state index contributed by atoms with van der Waals surface area (Å²) in [5, 5.41) is 18.4. The largest absolute Gasteiger partial charge is 0.453 e. The molecule has 16 heteroatoms. The van der Waals surface area contributed by atoms with Crippen molar-refractivity contribution in [2.75, 3.05) is 26.8 Å². The van der Waals surface area contributed by atoms with Crippen molar-refractivity contribution in [3.05, 3.63) is 64.6 Å². The Hall–Kier alpha value is -4.99. The van der Waals surface area contributed by atoms with Gasteiger partial charge in [-0.1, -0.05) is 45.4 Å². The number of nitrogens with zero attached hydrogens (tertiary/aromatic N) is 5. The van der Waals surface area contributed by atoms with Crippen LogP contribution in [-0.2, 0) is 19.1 Å². The highest BCUT2D eigenvalue weighted by Gasteiger charge is 2.39. The summed E-state index contributed by atoms with van der Waals surface area (Å²) in [6.45, 7) is 8.05. The third-order valence-electron chi connectivity index (χ3n) is 11.2. The summed E-state index contributed by atoms with van der Waals surface area (Å²) < 4.78 is 6.87. The Morgan fingerprint density at radius 3 is 2.35 bits per heavy atom. The lowest BCUT2D eigenvalue weighted by Gasteiger charge is -2.31. The van der Waals surface area contributed by atoms with Crippen molar-refractivity contribution < 1.29 is 29.0 Å². The van der Waals surface area contributed by atoms with E-state index in [0.29, 0.717) is 30.4 Å². The number of carbonyl (C=O) groups is 4. The molecule has 1 aromatic carbocycles. The minimum absolute atomic E-state index is 0.102. The summed E-state index contributed by atoms with van der Waals surface area (Å²) in [5.41, 5.74) is 5.60. The number of fused-ring (bicyclic) bond motifs is 1. The molecule has 3 aromatic heterocycles. The van der Waals surface area contributed by atoms with Crippen LogP contribution in [0.3, 0.4) is 0 Å². The van der Waals surface area contributed by atoms with E-state index in [0.717, 1.165) is 69.7 Å². The number of amides is 4. The second-order valence-electron chi connectivity index (χ2n) is 15.5. The van der Waals surface area contributed by atoms with Crippen LogP contribution in [0.5, 0.6) is 0 Å². The second kappa shape index (κ2) is 16.9. The van der Waals surface area contributed by atoms with Gasteiger partial charge in [0.15, 0.2) is 0 Å². The number of aromatic amines is 1. The van der Waals surface area contributed by atoms with E-state index in [-0.39, 0.29) is 35.7 Å². The molecule has 0 saturated carbocycles. The molecular weight excluding hydrogens is 768 g/mol. The molecule has 0 spiro atoms. The summed E-state index contributed by atoms with van der Waals surface area (Å²) in [7, 11) is 1.29. The first kappa shape index (κ1) is 40.2. The molecule has 14 nitrogen and oxygen atoms in total. The summed E-state index contributed by atoms with van der Waals surface area (Å²) in [6.07, 6.45) is 8.94. The van der Waals surface area contributed by atoms with Crippen molar-refractivity contribution in [2.24, 2.45) is 16.8 Å². The molecule has 302 valence electrons. The predicted octanol–water partition coefficient (Wildman–Crippen LogP) is 6.09. The monoisotopic (exact) mass is 816 g/mol. The standard InChI is InChI=1S/C41H49ClN8O6S/c1-22(2)35(46-34(52)20-51)38(53)49-14-7-9-33(49)37-44-19-30(45-37)24-10-11-31(28(42)16-24)50-15-12-26-27(21-57-40(26)50)25-17-29(43-18-25)32-8-6-13-48(32)39(54)36(23(3)4)47-41(55)56-5/h10-12,15-16,18-19,21-23,32-33,35-36,51H,6-9,13-14,17,20H2,1-5H3,(H,44,45)(H,46,52)(H,47,55)/t32?,33?,35-,36-/m0/s1. The van der Waals surface area contributed by atoms with Crippen LogP contribution >= 0.6 is 22.9 Å². The molecule has 2 fully saturated rings. The van der Waals surface area contributed by atoms with Crippen LogP contribution in [0, 0.1) is 11.8 Å². The fourth-order valence-electron chi connectivity index (χ4n) is 8.18. The van der Waals surface area contributed by atoms with Gasteiger partial charge in [-0.2, -0.15) is 0 Å². The number of ether oxygens (including phenoxy) is 1. The number of H-pyrrole nitrogens is 1. The van der Waals surface area contributed by atoms with Crippen LogP contribution in [-0.4, -0.2) is 104 Å². The number of aromatic nitrogens is 3. The number of imidazole rings is 1. The average Bonchev–Trinajstić information content (AvgIpc) is 4.04. The number of allylic oxidation sites excluding steroid dienone is 1. The maximum atomic E-state index is 13.7. The van der Waals surface area contributed by atoms with Crippen molar-refractivity contribution in [1.82, 2.24) is 35.0 Å². The molecule has 2 unspecified atom stereocenters. The number of carbonyl (C=O) groups excluding carboxylic acids is 4. The van der Waals surface area contributed by atoms with Crippen LogP contribution in [0.2, 0.25) is 5.02 Å². The Bertz CT molecular complexity index is 2240. The van der Waals surface area contributed by atoms with Gasteiger partial charge in [0.25, 0.3) is 0 Å². The minimum Gasteiger partial charge on any atom is -0.453 e. The Kier molecular flexibility index (Phi) is 11.9. The number of methoxy groups -OCH3 is 1. The van der Waals surface area contributed by atoms with Gasteiger partial charge < -0.3 is 39.8 Å². The number of hydrogen-bond acceptors (Lipinski definition) is 9. The molecule has 3 aliphatic heterocycles. The number of alkyl carbamates (subject to hydrolysis) is 1. The summed E-state index contributed by atoms with van der Waals surface area (Å²) in [5.74, 6) is -0.471. The van der Waals surface area contributed by atoms with E-state index in [4.69, 9.17) is 21.3 Å². The van der Waals surface area contributed by atoms with E-state index in [1.165, 1.54) is 7.11 Å². The molecule has 4 aromatic rings. The summed E-state index contributed by atoms with van der Waals surface area (Å²) in [6, 6.07) is 6.17. The number of benzene rings is 1. The van der Waals surface area contributed by atoms with E-state index in [1.54, 1.807) is 22.4 Å². The number of rotatable bonds is 12. The van der Waals surface area contributed by atoms with Gasteiger partial charge in [0.05, 0.1) is 41.8 Å². The number of thiophene rings is 1. The average molecular weight is 817 g/mol. The van der Waals surface area contributed by atoms with Gasteiger partial charge in [-0.3, -0.25) is 19.4 Å². The number of likely N-dealkylation sites (tertiary alicyclic amines) is 2. The van der Waals surface area contributed by atoms with Crippen LogP contribution in [0.25, 0.3) is 32.7 Å². The minimum atomic E-state index is -0.742. The SMILES string of the molecule is COC(=O)N[C@H](C(=O)N1CCCC1C1=NC=C(c2csc3c2ccn3-c2ccc(-c3cnc(C4CCCN4C(=O)[C@@H](NC(=O)CO)C(C)C)[nH]3)cc2Cl)C1)C(C)C. The maximum Gasteiger partial charge on any atom is 0.407 e. The molecule has 3 aliphatic rings. The number of nitrogens with one attached hydrogen (secondary N) is 3. The van der Waals surface area contributed by atoms with Gasteiger partial charge in [-0.15, -0.1) is 11.3 Å². The van der Waals surface area contributed by atoms with Crippen LogP contribution in [0.15, 0.2) is 53.2 Å². The molecule has 0 radical (unpaired) electrons. The predicted molar refractivity (Wildman–Crippen MR) is 220 cm³/mol. The summed E-state index contributed by atoms with van der Waals surface area (Å²) >= 11 is 8.61. The molecule has 4 amide bonds. The number of aliphatic hydroxyl groups excluding tert-OH is 1. The fourth-order valence-corrected chi connectivity index (χ4v) is 9.54. The number of aliphatic imine (C=N–C) groups is 1. The van der Waals surface area contributed by atoms with E-state index < -0.39 is 30.7 Å². The lowest BCUT2D eigenvalue weighted by molar-refractivity contribution is -0.139. The highest BCUT2D eigenvalue weighted by atomic mass is 35.5. The third kappa shape index (κ3) is 7.97.